The predicted molar refractivity (Wildman–Crippen MR) is 90.8 cm³/mol. The Labute approximate surface area is 134 Å². The summed E-state index contributed by atoms with van der Waals surface area (Å²) in [4.78, 5) is 12.0. The Balaban J connectivity index is 2.61. The second kappa shape index (κ2) is 10.9. The maximum absolute atomic E-state index is 12.0. The molecule has 0 unspecified atom stereocenters. The minimum absolute atomic E-state index is 0.268. The van der Waals surface area contributed by atoms with E-state index in [9.17, 15) is 4.79 Å². The van der Waals surface area contributed by atoms with E-state index in [1.807, 2.05) is 12.1 Å². The molecule has 22 heavy (non-hydrogen) atoms. The summed E-state index contributed by atoms with van der Waals surface area (Å²) in [7, 11) is 1.63. The highest BCUT2D eigenvalue weighted by molar-refractivity contribution is 5.91. The van der Waals surface area contributed by atoms with E-state index in [2.05, 4.69) is 19.2 Å². The van der Waals surface area contributed by atoms with Crippen LogP contribution in [0, 0.1) is 0 Å². The largest absolute Gasteiger partial charge is 0.495 e. The van der Waals surface area contributed by atoms with E-state index < -0.39 is 0 Å². The molecule has 0 aliphatic rings. The van der Waals surface area contributed by atoms with Gasteiger partial charge in [0.25, 0.3) is 0 Å². The van der Waals surface area contributed by atoms with Crippen LogP contribution in [0.5, 0.6) is 5.75 Å². The number of carbonyl (C=O) groups excluding carboxylic acids is 1. The lowest BCUT2D eigenvalue weighted by molar-refractivity contribution is 0.0498. The summed E-state index contributed by atoms with van der Waals surface area (Å²) in [6.07, 6.45) is 6.59. The summed E-state index contributed by atoms with van der Waals surface area (Å²) in [6, 6.07) is 5.37. The van der Waals surface area contributed by atoms with Gasteiger partial charge in [0, 0.05) is 6.54 Å². The van der Waals surface area contributed by atoms with Crippen molar-refractivity contribution < 1.29 is 14.3 Å². The quantitative estimate of drug-likeness (QED) is 0.478. The molecule has 4 heteroatoms. The Morgan fingerprint density at radius 2 is 1.82 bits per heavy atom. The van der Waals surface area contributed by atoms with E-state index in [1.54, 1.807) is 13.2 Å². The first-order chi connectivity index (χ1) is 10.7. The van der Waals surface area contributed by atoms with Crippen LogP contribution >= 0.6 is 0 Å². The SMILES string of the molecule is CCCCCNc1cc(C(=O)OCCCCC)ccc1OC. The Kier molecular flexibility index (Phi) is 9.12. The van der Waals surface area contributed by atoms with Crippen LogP contribution in [0.1, 0.15) is 62.7 Å². The molecule has 0 aromatic heterocycles. The van der Waals surface area contributed by atoms with Crippen molar-refractivity contribution in [2.45, 2.75) is 52.4 Å². The Morgan fingerprint density at radius 1 is 1.09 bits per heavy atom. The molecular formula is C18H29NO3. The van der Waals surface area contributed by atoms with Crippen LogP contribution in [0.15, 0.2) is 18.2 Å². The van der Waals surface area contributed by atoms with Crippen molar-refractivity contribution >= 4 is 11.7 Å². The van der Waals surface area contributed by atoms with Gasteiger partial charge < -0.3 is 14.8 Å². The molecule has 0 fully saturated rings. The molecular weight excluding hydrogens is 278 g/mol. The zero-order chi connectivity index (χ0) is 16.2. The van der Waals surface area contributed by atoms with Crippen molar-refractivity contribution in [2.24, 2.45) is 0 Å². The van der Waals surface area contributed by atoms with Crippen molar-refractivity contribution in [3.8, 4) is 5.75 Å². The number of nitrogens with one attached hydrogen (secondary N) is 1. The maximum Gasteiger partial charge on any atom is 0.338 e. The third-order valence-corrected chi connectivity index (χ3v) is 3.51. The van der Waals surface area contributed by atoms with Crippen molar-refractivity contribution in [2.75, 3.05) is 25.6 Å². The number of hydrogen-bond donors (Lipinski definition) is 1. The number of benzene rings is 1. The van der Waals surface area contributed by atoms with Gasteiger partial charge in [-0.2, -0.15) is 0 Å². The molecule has 0 aliphatic carbocycles. The molecule has 0 atom stereocenters. The number of rotatable bonds is 11. The number of anilines is 1. The number of ether oxygens (including phenoxy) is 2. The van der Waals surface area contributed by atoms with E-state index in [0.29, 0.717) is 12.2 Å². The van der Waals surface area contributed by atoms with E-state index in [4.69, 9.17) is 9.47 Å². The van der Waals surface area contributed by atoms with E-state index in [1.165, 1.54) is 12.8 Å². The number of methoxy groups -OCH3 is 1. The standard InChI is InChI=1S/C18H29NO3/c1-4-6-8-12-19-16-14-15(10-11-17(16)21-3)18(20)22-13-9-7-5-2/h10-11,14,19H,4-9,12-13H2,1-3H3. The number of carbonyl (C=O) groups is 1. The molecule has 0 saturated carbocycles. The number of esters is 1. The lowest BCUT2D eigenvalue weighted by Gasteiger charge is -2.12. The molecule has 124 valence electrons. The van der Waals surface area contributed by atoms with Crippen molar-refractivity contribution in [3.63, 3.8) is 0 Å². The van der Waals surface area contributed by atoms with Gasteiger partial charge in [0.2, 0.25) is 0 Å². The maximum atomic E-state index is 12.0. The molecule has 1 N–H and O–H groups in total. The summed E-state index contributed by atoms with van der Waals surface area (Å²) in [5, 5.41) is 3.34. The highest BCUT2D eigenvalue weighted by Gasteiger charge is 2.11. The van der Waals surface area contributed by atoms with Gasteiger partial charge in [-0.05, 0) is 31.0 Å². The molecule has 0 saturated heterocycles. The minimum Gasteiger partial charge on any atom is -0.495 e. The Hall–Kier alpha value is -1.71. The molecule has 1 aromatic carbocycles. The molecule has 4 nitrogen and oxygen atoms in total. The summed E-state index contributed by atoms with van der Waals surface area (Å²) >= 11 is 0. The van der Waals surface area contributed by atoms with Crippen LogP contribution in [0.4, 0.5) is 5.69 Å². The molecule has 0 heterocycles. The van der Waals surface area contributed by atoms with Gasteiger partial charge in [0.15, 0.2) is 0 Å². The third kappa shape index (κ3) is 6.37. The van der Waals surface area contributed by atoms with E-state index in [-0.39, 0.29) is 5.97 Å². The Morgan fingerprint density at radius 3 is 2.50 bits per heavy atom. The highest BCUT2D eigenvalue weighted by Crippen LogP contribution is 2.26. The zero-order valence-electron chi connectivity index (χ0n) is 14.1. The van der Waals surface area contributed by atoms with Crippen LogP contribution < -0.4 is 10.1 Å². The first-order valence-electron chi connectivity index (χ1n) is 8.32. The first-order valence-corrected chi connectivity index (χ1v) is 8.32. The summed E-state index contributed by atoms with van der Waals surface area (Å²) < 4.78 is 10.6. The summed E-state index contributed by atoms with van der Waals surface area (Å²) in [5.41, 5.74) is 1.41. The van der Waals surface area contributed by atoms with Crippen molar-refractivity contribution in [3.05, 3.63) is 23.8 Å². The lowest BCUT2D eigenvalue weighted by Crippen LogP contribution is -2.09. The lowest BCUT2D eigenvalue weighted by atomic mass is 10.1. The van der Waals surface area contributed by atoms with Gasteiger partial charge in [-0.1, -0.05) is 39.5 Å². The fourth-order valence-corrected chi connectivity index (χ4v) is 2.17. The van der Waals surface area contributed by atoms with Gasteiger partial charge in [-0.15, -0.1) is 0 Å². The molecule has 0 bridgehead atoms. The fourth-order valence-electron chi connectivity index (χ4n) is 2.17. The zero-order valence-corrected chi connectivity index (χ0v) is 14.1. The van der Waals surface area contributed by atoms with Gasteiger partial charge in [-0.25, -0.2) is 4.79 Å². The van der Waals surface area contributed by atoms with Crippen LogP contribution in [0.2, 0.25) is 0 Å². The van der Waals surface area contributed by atoms with Gasteiger partial charge in [-0.3, -0.25) is 0 Å². The monoisotopic (exact) mass is 307 g/mol. The van der Waals surface area contributed by atoms with Crippen LogP contribution in [0.25, 0.3) is 0 Å². The minimum atomic E-state index is -0.268. The number of hydrogen-bond acceptors (Lipinski definition) is 4. The van der Waals surface area contributed by atoms with Crippen molar-refractivity contribution in [1.29, 1.82) is 0 Å². The number of unbranched alkanes of at least 4 members (excludes halogenated alkanes) is 4. The van der Waals surface area contributed by atoms with Gasteiger partial charge in [0.05, 0.1) is 25.0 Å². The molecule has 0 aliphatic heterocycles. The summed E-state index contributed by atoms with van der Waals surface area (Å²) in [5.74, 6) is 0.481. The molecule has 0 amide bonds. The third-order valence-electron chi connectivity index (χ3n) is 3.51. The summed E-state index contributed by atoms with van der Waals surface area (Å²) in [6.45, 7) is 5.66. The molecule has 1 aromatic rings. The van der Waals surface area contributed by atoms with Crippen LogP contribution in [-0.2, 0) is 4.74 Å². The molecule has 0 spiro atoms. The van der Waals surface area contributed by atoms with Crippen molar-refractivity contribution in [1.82, 2.24) is 0 Å². The van der Waals surface area contributed by atoms with Crippen LogP contribution in [-0.4, -0.2) is 26.2 Å². The Bertz CT molecular complexity index is 446. The van der Waals surface area contributed by atoms with Gasteiger partial charge in [0.1, 0.15) is 5.75 Å². The smallest absolute Gasteiger partial charge is 0.338 e. The fraction of sp³-hybridized carbons (Fsp3) is 0.611. The second-order valence-corrected chi connectivity index (χ2v) is 5.39. The van der Waals surface area contributed by atoms with Crippen LogP contribution in [0.3, 0.4) is 0 Å². The first kappa shape index (κ1) is 18.3. The molecule has 1 rings (SSSR count). The topological polar surface area (TPSA) is 47.6 Å². The normalized spacial score (nSPS) is 10.3. The molecule has 0 radical (unpaired) electrons. The average molecular weight is 307 g/mol. The predicted octanol–water partition coefficient (Wildman–Crippen LogP) is 4.64. The van der Waals surface area contributed by atoms with E-state index in [0.717, 1.165) is 43.7 Å². The van der Waals surface area contributed by atoms with Gasteiger partial charge >= 0.3 is 5.97 Å². The second-order valence-electron chi connectivity index (χ2n) is 5.39. The average Bonchev–Trinajstić information content (AvgIpc) is 2.55. The highest BCUT2D eigenvalue weighted by atomic mass is 16.5. The van der Waals surface area contributed by atoms with E-state index >= 15 is 0 Å².